The summed E-state index contributed by atoms with van der Waals surface area (Å²) in [5.74, 6) is -1.16. The fourth-order valence-corrected chi connectivity index (χ4v) is 2.70. The Morgan fingerprint density at radius 1 is 1.04 bits per heavy atom. The van der Waals surface area contributed by atoms with Crippen LogP contribution in [0.25, 0.3) is 0 Å². The van der Waals surface area contributed by atoms with E-state index in [1.165, 1.54) is 24.3 Å². The van der Waals surface area contributed by atoms with Gasteiger partial charge in [0.1, 0.15) is 0 Å². The van der Waals surface area contributed by atoms with Gasteiger partial charge in [0.15, 0.2) is 0 Å². The number of hydrogen-bond donors (Lipinski definition) is 2. The lowest BCUT2D eigenvalue weighted by Crippen LogP contribution is -2.30. The number of nitrogen functional groups attached to an aromatic ring is 1. The number of halogens is 3. The highest BCUT2D eigenvalue weighted by molar-refractivity contribution is 7.90. The van der Waals surface area contributed by atoms with E-state index >= 15 is 0 Å². The maximum atomic E-state index is 12.6. The van der Waals surface area contributed by atoms with Crippen molar-refractivity contribution in [1.82, 2.24) is 4.72 Å². The zero-order valence-corrected chi connectivity index (χ0v) is 12.3. The van der Waals surface area contributed by atoms with Gasteiger partial charge >= 0.3 is 6.18 Å². The summed E-state index contributed by atoms with van der Waals surface area (Å²) in [6.07, 6.45) is -4.63. The Balaban J connectivity index is 2.27. The van der Waals surface area contributed by atoms with Crippen LogP contribution in [-0.2, 0) is 16.2 Å². The molecule has 2 aromatic rings. The van der Waals surface area contributed by atoms with E-state index in [4.69, 9.17) is 5.73 Å². The first-order chi connectivity index (χ1) is 10.6. The molecule has 0 aliphatic carbocycles. The maximum absolute atomic E-state index is 12.6. The zero-order valence-electron chi connectivity index (χ0n) is 11.5. The molecule has 0 atom stereocenters. The van der Waals surface area contributed by atoms with Crippen molar-refractivity contribution in [3.63, 3.8) is 0 Å². The minimum Gasteiger partial charge on any atom is -0.399 e. The van der Waals surface area contributed by atoms with Gasteiger partial charge in [0.2, 0.25) is 0 Å². The van der Waals surface area contributed by atoms with Gasteiger partial charge in [-0.2, -0.15) is 13.2 Å². The molecular formula is C14H11F3N2O3S. The minimum atomic E-state index is -4.63. The SMILES string of the molecule is Nc1ccc(S(=O)(=O)NC(=O)c2cccc(C(F)(F)F)c2)cc1. The number of alkyl halides is 3. The van der Waals surface area contributed by atoms with E-state index in [2.05, 4.69) is 0 Å². The summed E-state index contributed by atoms with van der Waals surface area (Å²) in [5.41, 5.74) is 4.29. The van der Waals surface area contributed by atoms with Crippen LogP contribution in [0.5, 0.6) is 0 Å². The number of hydrogen-bond acceptors (Lipinski definition) is 4. The second kappa shape index (κ2) is 5.92. The summed E-state index contributed by atoms with van der Waals surface area (Å²) in [7, 11) is -4.21. The number of nitrogens with one attached hydrogen (secondary N) is 1. The number of sulfonamides is 1. The lowest BCUT2D eigenvalue weighted by Gasteiger charge is -2.10. The highest BCUT2D eigenvalue weighted by Crippen LogP contribution is 2.29. The number of amides is 1. The lowest BCUT2D eigenvalue weighted by atomic mass is 10.1. The second-order valence-corrected chi connectivity index (χ2v) is 6.26. The first kappa shape index (κ1) is 16.8. The van der Waals surface area contributed by atoms with Gasteiger partial charge < -0.3 is 5.73 Å². The van der Waals surface area contributed by atoms with Gasteiger partial charge in [0.25, 0.3) is 15.9 Å². The topological polar surface area (TPSA) is 89.3 Å². The molecule has 0 aromatic heterocycles. The van der Waals surface area contributed by atoms with Crippen LogP contribution in [0.15, 0.2) is 53.4 Å². The quantitative estimate of drug-likeness (QED) is 0.837. The van der Waals surface area contributed by atoms with Crippen molar-refractivity contribution in [2.45, 2.75) is 11.1 Å². The van der Waals surface area contributed by atoms with Crippen LogP contribution < -0.4 is 10.5 Å². The molecule has 9 heteroatoms. The number of nitrogens with two attached hydrogens (primary N) is 1. The summed E-state index contributed by atoms with van der Waals surface area (Å²) in [6, 6.07) is 8.47. The molecule has 2 rings (SSSR count). The number of benzene rings is 2. The highest BCUT2D eigenvalue weighted by Gasteiger charge is 2.31. The van der Waals surface area contributed by atoms with Gasteiger partial charge in [0, 0.05) is 11.3 Å². The molecule has 0 aliphatic rings. The molecule has 0 unspecified atom stereocenters. The van der Waals surface area contributed by atoms with Crippen LogP contribution in [0.4, 0.5) is 18.9 Å². The van der Waals surface area contributed by atoms with Crippen molar-refractivity contribution in [2.75, 3.05) is 5.73 Å². The van der Waals surface area contributed by atoms with E-state index in [-0.39, 0.29) is 4.90 Å². The number of carbonyl (C=O) groups excluding carboxylic acids is 1. The van der Waals surface area contributed by atoms with E-state index in [1.807, 2.05) is 0 Å². The minimum absolute atomic E-state index is 0.230. The predicted molar refractivity (Wildman–Crippen MR) is 77.0 cm³/mol. The molecular weight excluding hydrogens is 333 g/mol. The van der Waals surface area contributed by atoms with Crippen molar-refractivity contribution in [3.8, 4) is 0 Å². The molecule has 23 heavy (non-hydrogen) atoms. The molecule has 5 nitrogen and oxygen atoms in total. The molecule has 0 aliphatic heterocycles. The first-order valence-corrected chi connectivity index (χ1v) is 7.68. The van der Waals surface area contributed by atoms with Gasteiger partial charge in [-0.15, -0.1) is 0 Å². The summed E-state index contributed by atoms with van der Waals surface area (Å²) in [6.45, 7) is 0. The van der Waals surface area contributed by atoms with Gasteiger partial charge in [-0.25, -0.2) is 13.1 Å². The third-order valence-corrected chi connectivity index (χ3v) is 4.22. The molecule has 122 valence electrons. The fraction of sp³-hybridized carbons (Fsp3) is 0.0714. The van der Waals surface area contributed by atoms with Crippen LogP contribution in [0.3, 0.4) is 0 Å². The Hall–Kier alpha value is -2.55. The van der Waals surface area contributed by atoms with E-state index in [1.54, 1.807) is 4.72 Å². The molecule has 0 heterocycles. The van der Waals surface area contributed by atoms with E-state index in [0.717, 1.165) is 18.2 Å². The van der Waals surface area contributed by atoms with E-state index < -0.39 is 33.2 Å². The molecule has 1 amide bonds. The third kappa shape index (κ3) is 4.01. The van der Waals surface area contributed by atoms with Gasteiger partial charge in [-0.1, -0.05) is 6.07 Å². The Morgan fingerprint density at radius 3 is 2.22 bits per heavy atom. The third-order valence-electron chi connectivity index (χ3n) is 2.87. The molecule has 0 saturated carbocycles. The molecule has 0 fully saturated rings. The van der Waals surface area contributed by atoms with Gasteiger partial charge in [-0.3, -0.25) is 4.79 Å². The fourth-order valence-electron chi connectivity index (χ4n) is 1.72. The standard InChI is InChI=1S/C14H11F3N2O3S/c15-14(16,17)10-3-1-2-9(8-10)13(20)19-23(21,22)12-6-4-11(18)5-7-12/h1-8H,18H2,(H,19,20). The average molecular weight is 344 g/mol. The monoisotopic (exact) mass is 344 g/mol. The van der Waals surface area contributed by atoms with Gasteiger partial charge in [-0.05, 0) is 42.5 Å². The number of carbonyl (C=O) groups is 1. The Bertz CT molecular complexity index is 831. The smallest absolute Gasteiger partial charge is 0.399 e. The summed E-state index contributed by atoms with van der Waals surface area (Å²) in [4.78, 5) is 11.7. The van der Waals surface area contributed by atoms with Crippen LogP contribution in [-0.4, -0.2) is 14.3 Å². The largest absolute Gasteiger partial charge is 0.416 e. The predicted octanol–water partition coefficient (Wildman–Crippen LogP) is 2.41. The van der Waals surface area contributed by atoms with Crippen LogP contribution in [0, 0.1) is 0 Å². The molecule has 2 aromatic carbocycles. The zero-order chi connectivity index (χ0) is 17.3. The van der Waals surface area contributed by atoms with Gasteiger partial charge in [0.05, 0.1) is 10.5 Å². The van der Waals surface area contributed by atoms with Crippen LogP contribution in [0.1, 0.15) is 15.9 Å². The first-order valence-electron chi connectivity index (χ1n) is 6.19. The lowest BCUT2D eigenvalue weighted by molar-refractivity contribution is -0.137. The normalized spacial score (nSPS) is 12.0. The average Bonchev–Trinajstić information content (AvgIpc) is 2.46. The molecule has 3 N–H and O–H groups in total. The summed E-state index contributed by atoms with van der Waals surface area (Å²) < 4.78 is 63.6. The second-order valence-electron chi connectivity index (χ2n) is 4.58. The Morgan fingerprint density at radius 2 is 1.65 bits per heavy atom. The number of rotatable bonds is 3. The Labute approximate surface area is 130 Å². The van der Waals surface area contributed by atoms with Crippen molar-refractivity contribution in [2.24, 2.45) is 0 Å². The number of anilines is 1. The molecule has 0 spiro atoms. The maximum Gasteiger partial charge on any atom is 0.416 e. The summed E-state index contributed by atoms with van der Waals surface area (Å²) in [5, 5.41) is 0. The van der Waals surface area contributed by atoms with Crippen molar-refractivity contribution in [3.05, 3.63) is 59.7 Å². The van der Waals surface area contributed by atoms with Crippen molar-refractivity contribution < 1.29 is 26.4 Å². The van der Waals surface area contributed by atoms with Crippen LogP contribution >= 0.6 is 0 Å². The van der Waals surface area contributed by atoms with Crippen molar-refractivity contribution in [1.29, 1.82) is 0 Å². The Kier molecular flexibility index (Phi) is 4.33. The molecule has 0 saturated heterocycles. The summed E-state index contributed by atoms with van der Waals surface area (Å²) >= 11 is 0. The molecule has 0 radical (unpaired) electrons. The van der Waals surface area contributed by atoms with E-state index in [0.29, 0.717) is 11.8 Å². The highest BCUT2D eigenvalue weighted by atomic mass is 32.2. The van der Waals surface area contributed by atoms with Crippen LogP contribution in [0.2, 0.25) is 0 Å². The van der Waals surface area contributed by atoms with E-state index in [9.17, 15) is 26.4 Å². The molecule has 0 bridgehead atoms. The van der Waals surface area contributed by atoms with Crippen molar-refractivity contribution >= 4 is 21.6 Å².